The van der Waals surface area contributed by atoms with Gasteiger partial charge in [-0.05, 0) is 30.0 Å². The fourth-order valence-electron chi connectivity index (χ4n) is 2.53. The van der Waals surface area contributed by atoms with Crippen molar-refractivity contribution in [1.29, 1.82) is 0 Å². The lowest BCUT2D eigenvalue weighted by atomic mass is 10.1. The Morgan fingerprint density at radius 1 is 1.43 bits per heavy atom. The maximum Gasteiger partial charge on any atom is 0.317 e. The van der Waals surface area contributed by atoms with Crippen molar-refractivity contribution in [2.45, 2.75) is 26.2 Å². The van der Waals surface area contributed by atoms with Gasteiger partial charge in [0.15, 0.2) is 0 Å². The first kappa shape index (κ1) is 15.6. The molecule has 5 heteroatoms. The molecular formula is C16H24N2O3. The molecule has 0 aromatic heterocycles. The Balaban J connectivity index is 1.79. The van der Waals surface area contributed by atoms with Crippen LogP contribution in [-0.4, -0.2) is 48.9 Å². The van der Waals surface area contributed by atoms with Gasteiger partial charge in [-0.1, -0.05) is 19.1 Å². The molecule has 0 saturated carbocycles. The van der Waals surface area contributed by atoms with E-state index >= 15 is 0 Å². The number of rotatable bonds is 7. The molecular weight excluding hydrogens is 268 g/mol. The number of nitrogens with one attached hydrogen (secondary N) is 1. The molecule has 1 aromatic carbocycles. The Kier molecular flexibility index (Phi) is 5.87. The fraction of sp³-hybridized carbons (Fsp3) is 0.562. The lowest BCUT2D eigenvalue weighted by Gasteiger charge is -2.21. The van der Waals surface area contributed by atoms with E-state index in [1.165, 1.54) is 11.1 Å². The zero-order valence-corrected chi connectivity index (χ0v) is 12.6. The molecule has 1 aromatic rings. The molecule has 0 aliphatic carbocycles. The van der Waals surface area contributed by atoms with E-state index in [2.05, 4.69) is 11.4 Å². The summed E-state index contributed by atoms with van der Waals surface area (Å²) in [6.07, 6.45) is 2.66. The van der Waals surface area contributed by atoms with Crippen LogP contribution in [0.5, 0.6) is 5.75 Å². The van der Waals surface area contributed by atoms with Crippen molar-refractivity contribution in [2.24, 2.45) is 0 Å². The Morgan fingerprint density at radius 3 is 3.05 bits per heavy atom. The van der Waals surface area contributed by atoms with Gasteiger partial charge in [0, 0.05) is 26.1 Å². The number of carbonyl (C=O) groups is 1. The molecule has 0 fully saturated rings. The zero-order valence-electron chi connectivity index (χ0n) is 12.6. The van der Waals surface area contributed by atoms with Gasteiger partial charge in [0.2, 0.25) is 0 Å². The second-order valence-corrected chi connectivity index (χ2v) is 5.23. The van der Waals surface area contributed by atoms with Crippen LogP contribution in [-0.2, 0) is 12.8 Å². The maximum absolute atomic E-state index is 12.0. The van der Waals surface area contributed by atoms with Gasteiger partial charge in [-0.25, -0.2) is 4.79 Å². The number of aliphatic hydroxyl groups excluding tert-OH is 1. The smallest absolute Gasteiger partial charge is 0.317 e. The summed E-state index contributed by atoms with van der Waals surface area (Å²) in [7, 11) is 0. The van der Waals surface area contributed by atoms with Crippen LogP contribution < -0.4 is 10.1 Å². The van der Waals surface area contributed by atoms with Gasteiger partial charge in [-0.15, -0.1) is 0 Å². The number of hydrogen-bond donors (Lipinski definition) is 2. The van der Waals surface area contributed by atoms with Gasteiger partial charge >= 0.3 is 6.03 Å². The van der Waals surface area contributed by atoms with E-state index in [0.29, 0.717) is 19.6 Å². The van der Waals surface area contributed by atoms with Gasteiger partial charge < -0.3 is 20.1 Å². The number of nitrogens with zero attached hydrogens (tertiary/aromatic N) is 1. The number of hydrogen-bond acceptors (Lipinski definition) is 3. The van der Waals surface area contributed by atoms with Crippen LogP contribution in [0.4, 0.5) is 4.79 Å². The first-order chi connectivity index (χ1) is 10.2. The second kappa shape index (κ2) is 7.88. The van der Waals surface area contributed by atoms with Crippen molar-refractivity contribution < 1.29 is 14.6 Å². The van der Waals surface area contributed by atoms with E-state index in [1.54, 1.807) is 4.90 Å². The van der Waals surface area contributed by atoms with Gasteiger partial charge in [0.25, 0.3) is 0 Å². The highest BCUT2D eigenvalue weighted by molar-refractivity contribution is 5.74. The number of carbonyl (C=O) groups excluding carboxylic acids is 1. The lowest BCUT2D eigenvalue weighted by Crippen LogP contribution is -2.42. The number of urea groups is 1. The summed E-state index contributed by atoms with van der Waals surface area (Å²) in [4.78, 5) is 13.6. The number of aliphatic hydroxyl groups is 1. The van der Waals surface area contributed by atoms with Crippen molar-refractivity contribution in [3.63, 3.8) is 0 Å². The standard InChI is InChI=1S/C16H24N2O3/c1-2-8-18(9-10-19)16(20)17-7-5-13-3-4-15-14(12-13)6-11-21-15/h3-4,12,19H,2,5-11H2,1H3,(H,17,20). The minimum absolute atomic E-state index is 0.00174. The molecule has 0 saturated heterocycles. The molecule has 2 N–H and O–H groups in total. The van der Waals surface area contributed by atoms with Gasteiger partial charge in [0.1, 0.15) is 5.75 Å². The molecule has 0 unspecified atom stereocenters. The van der Waals surface area contributed by atoms with Gasteiger partial charge in [-0.2, -0.15) is 0 Å². The van der Waals surface area contributed by atoms with E-state index in [1.807, 2.05) is 19.1 Å². The monoisotopic (exact) mass is 292 g/mol. The first-order valence-corrected chi connectivity index (χ1v) is 7.63. The molecule has 2 amide bonds. The Morgan fingerprint density at radius 2 is 2.29 bits per heavy atom. The Hall–Kier alpha value is -1.75. The molecule has 1 heterocycles. The second-order valence-electron chi connectivity index (χ2n) is 5.23. The summed E-state index contributed by atoms with van der Waals surface area (Å²) < 4.78 is 5.48. The van der Waals surface area contributed by atoms with Gasteiger partial charge in [-0.3, -0.25) is 0 Å². The SMILES string of the molecule is CCCN(CCO)C(=O)NCCc1ccc2c(c1)CCO2. The average Bonchev–Trinajstić information content (AvgIpc) is 2.94. The third kappa shape index (κ3) is 4.36. The van der Waals surface area contributed by atoms with Crippen LogP contribution in [0.3, 0.4) is 0 Å². The summed E-state index contributed by atoms with van der Waals surface area (Å²) in [6, 6.07) is 6.12. The van der Waals surface area contributed by atoms with Crippen LogP contribution >= 0.6 is 0 Å². The summed E-state index contributed by atoms with van der Waals surface area (Å²) in [5, 5.41) is 11.9. The molecule has 0 radical (unpaired) electrons. The quantitative estimate of drug-likeness (QED) is 0.802. The number of ether oxygens (including phenoxy) is 1. The van der Waals surface area contributed by atoms with Crippen molar-refractivity contribution in [2.75, 3.05) is 32.8 Å². The Labute approximate surface area is 125 Å². The van der Waals surface area contributed by atoms with Crippen LogP contribution in [0.1, 0.15) is 24.5 Å². The molecule has 0 bridgehead atoms. The highest BCUT2D eigenvalue weighted by Crippen LogP contribution is 2.25. The third-order valence-electron chi connectivity index (χ3n) is 3.59. The first-order valence-electron chi connectivity index (χ1n) is 7.63. The highest BCUT2D eigenvalue weighted by atomic mass is 16.5. The predicted octanol–water partition coefficient (Wildman–Crippen LogP) is 1.58. The topological polar surface area (TPSA) is 61.8 Å². The van der Waals surface area contributed by atoms with E-state index in [-0.39, 0.29) is 12.6 Å². The molecule has 0 atom stereocenters. The molecule has 2 rings (SSSR count). The summed E-state index contributed by atoms with van der Waals surface area (Å²) >= 11 is 0. The minimum Gasteiger partial charge on any atom is -0.493 e. The number of benzene rings is 1. The van der Waals surface area contributed by atoms with Crippen molar-refractivity contribution in [1.82, 2.24) is 10.2 Å². The summed E-state index contributed by atoms with van der Waals surface area (Å²) in [5.41, 5.74) is 2.47. The van der Waals surface area contributed by atoms with E-state index in [0.717, 1.165) is 31.6 Å². The normalized spacial score (nSPS) is 12.7. The number of fused-ring (bicyclic) bond motifs is 1. The van der Waals surface area contributed by atoms with E-state index in [9.17, 15) is 4.79 Å². The Bertz CT molecular complexity index is 471. The third-order valence-corrected chi connectivity index (χ3v) is 3.59. The average molecular weight is 292 g/mol. The van der Waals surface area contributed by atoms with Crippen molar-refractivity contribution in [3.05, 3.63) is 29.3 Å². The van der Waals surface area contributed by atoms with E-state index < -0.39 is 0 Å². The lowest BCUT2D eigenvalue weighted by molar-refractivity contribution is 0.177. The summed E-state index contributed by atoms with van der Waals surface area (Å²) in [6.45, 7) is 4.44. The van der Waals surface area contributed by atoms with E-state index in [4.69, 9.17) is 9.84 Å². The fourth-order valence-corrected chi connectivity index (χ4v) is 2.53. The molecule has 1 aliphatic heterocycles. The van der Waals surface area contributed by atoms with Crippen LogP contribution in [0.25, 0.3) is 0 Å². The van der Waals surface area contributed by atoms with Crippen LogP contribution in [0.2, 0.25) is 0 Å². The van der Waals surface area contributed by atoms with Crippen LogP contribution in [0, 0.1) is 0 Å². The molecule has 5 nitrogen and oxygen atoms in total. The molecule has 1 aliphatic rings. The van der Waals surface area contributed by atoms with Crippen molar-refractivity contribution >= 4 is 6.03 Å². The zero-order chi connectivity index (χ0) is 15.1. The van der Waals surface area contributed by atoms with Crippen LogP contribution in [0.15, 0.2) is 18.2 Å². The molecule has 116 valence electrons. The van der Waals surface area contributed by atoms with Crippen molar-refractivity contribution in [3.8, 4) is 5.75 Å². The summed E-state index contributed by atoms with van der Waals surface area (Å²) in [5.74, 6) is 0.986. The van der Waals surface area contributed by atoms with Gasteiger partial charge in [0.05, 0.1) is 13.2 Å². The minimum atomic E-state index is -0.101. The molecule has 0 spiro atoms. The largest absolute Gasteiger partial charge is 0.493 e. The predicted molar refractivity (Wildman–Crippen MR) is 81.7 cm³/mol. The number of amides is 2. The maximum atomic E-state index is 12.0. The highest BCUT2D eigenvalue weighted by Gasteiger charge is 2.13. The molecule has 21 heavy (non-hydrogen) atoms.